The Morgan fingerprint density at radius 1 is 1.33 bits per heavy atom. The molecule has 3 atom stereocenters. The lowest BCUT2D eigenvalue weighted by Crippen LogP contribution is -2.46. The second-order valence-electron chi connectivity index (χ2n) is 2.64. The Balaban J connectivity index is 2.92. The lowest BCUT2D eigenvalue weighted by molar-refractivity contribution is -0.135. The van der Waals surface area contributed by atoms with Gasteiger partial charge in [-0.2, -0.15) is 0 Å². The molecule has 1 rings (SSSR count). The molecule has 0 amide bonds. The van der Waals surface area contributed by atoms with E-state index in [9.17, 15) is 4.79 Å². The molecule has 0 bridgehead atoms. The maximum absolute atomic E-state index is 11.0. The third kappa shape index (κ3) is 1.39. The van der Waals surface area contributed by atoms with Gasteiger partial charge in [0.2, 0.25) is 0 Å². The molecule has 1 aliphatic rings. The zero-order valence-electron chi connectivity index (χ0n) is 6.21. The molecular formula is C7H10O5. The summed E-state index contributed by atoms with van der Waals surface area (Å²) in [6.45, 7) is -0.542. The Labute approximate surface area is 68.6 Å². The van der Waals surface area contributed by atoms with E-state index in [0.717, 1.165) is 6.08 Å². The highest BCUT2D eigenvalue weighted by atomic mass is 16.4. The number of aliphatic hydroxyl groups excluding tert-OH is 4. The molecule has 0 aromatic carbocycles. The van der Waals surface area contributed by atoms with Gasteiger partial charge in [0, 0.05) is 5.57 Å². The highest BCUT2D eigenvalue weighted by Crippen LogP contribution is 2.15. The minimum absolute atomic E-state index is 0.0692. The van der Waals surface area contributed by atoms with Gasteiger partial charge in [-0.05, 0) is 6.08 Å². The van der Waals surface area contributed by atoms with Crippen molar-refractivity contribution in [2.45, 2.75) is 18.3 Å². The predicted molar refractivity (Wildman–Crippen MR) is 38.2 cm³/mol. The van der Waals surface area contributed by atoms with Crippen LogP contribution in [0.1, 0.15) is 0 Å². The third-order valence-electron chi connectivity index (χ3n) is 1.80. The Bertz CT molecular complexity index is 222. The first-order valence-electron chi connectivity index (χ1n) is 3.48. The van der Waals surface area contributed by atoms with Crippen LogP contribution in [0.3, 0.4) is 0 Å². The van der Waals surface area contributed by atoms with Crippen LogP contribution in [0.5, 0.6) is 0 Å². The fraction of sp³-hybridized carbons (Fsp3) is 0.571. The lowest BCUT2D eigenvalue weighted by atomic mass is 9.91. The number of hydrogen-bond donors (Lipinski definition) is 4. The van der Waals surface area contributed by atoms with Gasteiger partial charge in [0.15, 0.2) is 5.78 Å². The normalized spacial score (nSPS) is 36.5. The minimum Gasteiger partial charge on any atom is -0.392 e. The number of carbonyl (C=O) groups excluding carboxylic acids is 1. The van der Waals surface area contributed by atoms with Crippen LogP contribution < -0.4 is 0 Å². The van der Waals surface area contributed by atoms with E-state index >= 15 is 0 Å². The third-order valence-corrected chi connectivity index (χ3v) is 1.80. The van der Waals surface area contributed by atoms with Gasteiger partial charge in [-0.3, -0.25) is 4.79 Å². The molecule has 12 heavy (non-hydrogen) atoms. The van der Waals surface area contributed by atoms with E-state index in [1.165, 1.54) is 0 Å². The topological polar surface area (TPSA) is 98.0 Å². The predicted octanol–water partition coefficient (Wildman–Crippen LogP) is -2.43. The molecule has 0 saturated carbocycles. The summed E-state index contributed by atoms with van der Waals surface area (Å²) in [6, 6.07) is 0. The maximum Gasteiger partial charge on any atom is 0.192 e. The van der Waals surface area contributed by atoms with Gasteiger partial charge >= 0.3 is 0 Å². The molecule has 68 valence electrons. The Hall–Kier alpha value is -0.750. The number of carbonyl (C=O) groups is 1. The van der Waals surface area contributed by atoms with Crippen LogP contribution in [0.15, 0.2) is 11.6 Å². The molecule has 0 aromatic heterocycles. The molecule has 5 heteroatoms. The van der Waals surface area contributed by atoms with Gasteiger partial charge in [0.1, 0.15) is 18.3 Å². The van der Waals surface area contributed by atoms with E-state index < -0.39 is 30.7 Å². The van der Waals surface area contributed by atoms with Gasteiger partial charge in [-0.1, -0.05) is 0 Å². The molecule has 5 nitrogen and oxygen atoms in total. The molecule has 1 aliphatic carbocycles. The van der Waals surface area contributed by atoms with Gasteiger partial charge < -0.3 is 20.4 Å². The monoisotopic (exact) mass is 174 g/mol. The molecule has 0 fully saturated rings. The summed E-state index contributed by atoms with van der Waals surface area (Å²) in [5, 5.41) is 35.6. The van der Waals surface area contributed by atoms with Crippen LogP contribution in [0, 0.1) is 0 Å². The minimum atomic E-state index is -1.63. The van der Waals surface area contributed by atoms with Gasteiger partial charge in [-0.15, -0.1) is 0 Å². The summed E-state index contributed by atoms with van der Waals surface area (Å²) < 4.78 is 0. The number of rotatable bonds is 1. The molecule has 0 aliphatic heterocycles. The molecule has 4 N–H and O–H groups in total. The van der Waals surface area contributed by atoms with Crippen molar-refractivity contribution in [2.24, 2.45) is 0 Å². The Morgan fingerprint density at radius 2 is 1.92 bits per heavy atom. The summed E-state index contributed by atoms with van der Waals surface area (Å²) >= 11 is 0. The second-order valence-corrected chi connectivity index (χ2v) is 2.64. The van der Waals surface area contributed by atoms with E-state index in [2.05, 4.69) is 0 Å². The lowest BCUT2D eigenvalue weighted by Gasteiger charge is -2.25. The van der Waals surface area contributed by atoms with Crippen molar-refractivity contribution in [2.75, 3.05) is 6.61 Å². The molecule has 0 saturated heterocycles. The quantitative estimate of drug-likeness (QED) is 0.354. The van der Waals surface area contributed by atoms with Crippen molar-refractivity contribution < 1.29 is 25.2 Å². The SMILES string of the molecule is O=C1C(CO)=C[C@@H](O)[C@@H](O)[C@H]1O. The molecular weight excluding hydrogens is 164 g/mol. The van der Waals surface area contributed by atoms with E-state index in [4.69, 9.17) is 20.4 Å². The Morgan fingerprint density at radius 3 is 2.42 bits per heavy atom. The van der Waals surface area contributed by atoms with E-state index in [1.807, 2.05) is 0 Å². The van der Waals surface area contributed by atoms with Crippen LogP contribution in [0.4, 0.5) is 0 Å². The summed E-state index contributed by atoms with van der Waals surface area (Å²) in [7, 11) is 0. The fourth-order valence-electron chi connectivity index (χ4n) is 1.05. The van der Waals surface area contributed by atoms with Crippen LogP contribution >= 0.6 is 0 Å². The molecule has 0 spiro atoms. The molecule has 0 unspecified atom stereocenters. The fourth-order valence-corrected chi connectivity index (χ4v) is 1.05. The Kier molecular flexibility index (Phi) is 2.58. The highest BCUT2D eigenvalue weighted by Gasteiger charge is 2.35. The standard InChI is InChI=1S/C7H10O5/c8-2-3-1-4(9)6(11)7(12)5(3)10/h1,4,6-9,11-12H,2H2/t4-,6-,7+/m1/s1. The largest absolute Gasteiger partial charge is 0.392 e. The van der Waals surface area contributed by atoms with E-state index in [-0.39, 0.29) is 5.57 Å². The van der Waals surface area contributed by atoms with E-state index in [1.54, 1.807) is 0 Å². The van der Waals surface area contributed by atoms with E-state index in [0.29, 0.717) is 0 Å². The van der Waals surface area contributed by atoms with Crippen molar-refractivity contribution in [1.29, 1.82) is 0 Å². The first kappa shape index (κ1) is 9.34. The van der Waals surface area contributed by atoms with Crippen molar-refractivity contribution in [3.05, 3.63) is 11.6 Å². The summed E-state index contributed by atoms with van der Waals surface area (Å²) in [5.74, 6) is -0.740. The van der Waals surface area contributed by atoms with Crippen LogP contribution in [0.25, 0.3) is 0 Å². The highest BCUT2D eigenvalue weighted by molar-refractivity contribution is 6.00. The second kappa shape index (κ2) is 3.32. The number of ketones is 1. The van der Waals surface area contributed by atoms with Crippen molar-refractivity contribution >= 4 is 5.78 Å². The smallest absolute Gasteiger partial charge is 0.192 e. The van der Waals surface area contributed by atoms with Crippen molar-refractivity contribution in [3.8, 4) is 0 Å². The first-order valence-corrected chi connectivity index (χ1v) is 3.48. The van der Waals surface area contributed by atoms with Crippen LogP contribution in [0.2, 0.25) is 0 Å². The average molecular weight is 174 g/mol. The first-order chi connectivity index (χ1) is 5.57. The zero-order chi connectivity index (χ0) is 9.30. The number of aliphatic hydroxyl groups is 4. The summed E-state index contributed by atoms with van der Waals surface area (Å²) in [6.07, 6.45) is -3.38. The summed E-state index contributed by atoms with van der Waals surface area (Å²) in [5.41, 5.74) is -0.0692. The van der Waals surface area contributed by atoms with Gasteiger partial charge in [-0.25, -0.2) is 0 Å². The number of Topliss-reactive ketones (excluding diaryl/α,β-unsaturated/α-hetero) is 1. The van der Waals surface area contributed by atoms with Crippen molar-refractivity contribution in [1.82, 2.24) is 0 Å². The maximum atomic E-state index is 11.0. The molecule has 0 radical (unpaired) electrons. The van der Waals surface area contributed by atoms with Crippen LogP contribution in [-0.2, 0) is 4.79 Å². The number of hydrogen-bond acceptors (Lipinski definition) is 5. The average Bonchev–Trinajstić information content (AvgIpc) is 2.08. The van der Waals surface area contributed by atoms with Gasteiger partial charge in [0.25, 0.3) is 0 Å². The summed E-state index contributed by atoms with van der Waals surface area (Å²) in [4.78, 5) is 11.0. The molecule has 0 aromatic rings. The molecule has 0 heterocycles. The van der Waals surface area contributed by atoms with Gasteiger partial charge in [0.05, 0.1) is 6.61 Å². The van der Waals surface area contributed by atoms with Crippen LogP contribution in [-0.4, -0.2) is 51.1 Å². The zero-order valence-corrected chi connectivity index (χ0v) is 6.21. The van der Waals surface area contributed by atoms with Crippen molar-refractivity contribution in [3.63, 3.8) is 0 Å².